The molecule has 0 N–H and O–H groups in total. The molecule has 3 aromatic rings. The Hall–Kier alpha value is -3.18. The van der Waals surface area contributed by atoms with E-state index in [1.807, 2.05) is 48.5 Å². The average Bonchev–Trinajstić information content (AvgIpc) is 3.36. The van der Waals surface area contributed by atoms with E-state index >= 15 is 0 Å². The molecule has 0 aliphatic heterocycles. The Bertz CT molecular complexity index is 1070. The largest absolute Gasteiger partial charge is 0.365 e. The van der Waals surface area contributed by atoms with Crippen molar-refractivity contribution >= 4 is 29.2 Å². The molecule has 0 saturated heterocycles. The van der Waals surface area contributed by atoms with E-state index in [1.54, 1.807) is 36.0 Å². The quantitative estimate of drug-likeness (QED) is 0.166. The SMILES string of the molecule is O=C(O/N=C(\CC1CCCC1)C(=O)c1ccc(Sc2ccccc2)cc1)c1ccccc1. The van der Waals surface area contributed by atoms with E-state index in [2.05, 4.69) is 17.3 Å². The zero-order chi connectivity index (χ0) is 22.2. The van der Waals surface area contributed by atoms with Gasteiger partial charge in [0.15, 0.2) is 0 Å². The number of nitrogens with zero attached hydrogens (tertiary/aromatic N) is 1. The Morgan fingerprint density at radius 2 is 1.38 bits per heavy atom. The lowest BCUT2D eigenvalue weighted by molar-refractivity contribution is 0.0514. The average molecular weight is 444 g/mol. The van der Waals surface area contributed by atoms with Crippen LogP contribution in [0, 0.1) is 5.92 Å². The van der Waals surface area contributed by atoms with Gasteiger partial charge in [-0.15, -0.1) is 0 Å². The molecule has 1 saturated carbocycles. The van der Waals surface area contributed by atoms with Crippen LogP contribution in [0.3, 0.4) is 0 Å². The molecule has 5 heteroatoms. The summed E-state index contributed by atoms with van der Waals surface area (Å²) in [7, 11) is 0. The zero-order valence-corrected chi connectivity index (χ0v) is 18.6. The summed E-state index contributed by atoms with van der Waals surface area (Å²) >= 11 is 1.64. The Labute approximate surface area is 192 Å². The van der Waals surface area contributed by atoms with Crippen LogP contribution in [0.2, 0.25) is 0 Å². The Morgan fingerprint density at radius 1 is 0.781 bits per heavy atom. The third-order valence-electron chi connectivity index (χ3n) is 5.56. The number of rotatable bonds is 8. The number of carbonyl (C=O) groups is 2. The maximum atomic E-state index is 13.2. The van der Waals surface area contributed by atoms with E-state index in [1.165, 1.54) is 12.8 Å². The molecule has 1 aliphatic carbocycles. The predicted octanol–water partition coefficient (Wildman–Crippen LogP) is 6.81. The van der Waals surface area contributed by atoms with Crippen molar-refractivity contribution in [2.24, 2.45) is 11.1 Å². The van der Waals surface area contributed by atoms with Gasteiger partial charge in [0.05, 0.1) is 5.56 Å². The molecule has 32 heavy (non-hydrogen) atoms. The fourth-order valence-corrected chi connectivity index (χ4v) is 4.69. The number of Topliss-reactive ketones (excluding diaryl/α,β-unsaturated/α-hetero) is 1. The van der Waals surface area contributed by atoms with Crippen LogP contribution in [-0.4, -0.2) is 17.5 Å². The molecule has 1 aliphatic rings. The first-order valence-electron chi connectivity index (χ1n) is 10.9. The molecule has 1 fully saturated rings. The van der Waals surface area contributed by atoms with Crippen molar-refractivity contribution in [3.8, 4) is 0 Å². The van der Waals surface area contributed by atoms with Crippen molar-refractivity contribution in [3.05, 3.63) is 96.1 Å². The van der Waals surface area contributed by atoms with Gasteiger partial charge in [-0.05, 0) is 60.9 Å². The summed E-state index contributed by atoms with van der Waals surface area (Å²) in [5.41, 5.74) is 1.27. The minimum absolute atomic E-state index is 0.186. The molecular formula is C27H25NO3S. The van der Waals surface area contributed by atoms with E-state index < -0.39 is 5.97 Å². The summed E-state index contributed by atoms with van der Waals surface area (Å²) in [6, 6.07) is 26.3. The maximum absolute atomic E-state index is 13.2. The van der Waals surface area contributed by atoms with Crippen LogP contribution in [0.15, 0.2) is 99.9 Å². The van der Waals surface area contributed by atoms with Crippen LogP contribution in [0.4, 0.5) is 0 Å². The summed E-state index contributed by atoms with van der Waals surface area (Å²) in [6.07, 6.45) is 5.02. The third kappa shape index (κ3) is 5.95. The first-order chi connectivity index (χ1) is 15.7. The van der Waals surface area contributed by atoms with Gasteiger partial charge in [0.1, 0.15) is 5.71 Å². The van der Waals surface area contributed by atoms with Crippen molar-refractivity contribution in [2.75, 3.05) is 0 Å². The lowest BCUT2D eigenvalue weighted by Crippen LogP contribution is -2.19. The molecule has 162 valence electrons. The van der Waals surface area contributed by atoms with Crippen molar-refractivity contribution in [3.63, 3.8) is 0 Å². The van der Waals surface area contributed by atoms with Crippen molar-refractivity contribution < 1.29 is 14.4 Å². The highest BCUT2D eigenvalue weighted by molar-refractivity contribution is 7.99. The van der Waals surface area contributed by atoms with Crippen molar-refractivity contribution in [1.82, 2.24) is 0 Å². The van der Waals surface area contributed by atoms with Crippen molar-refractivity contribution in [2.45, 2.75) is 41.9 Å². The van der Waals surface area contributed by atoms with Crippen LogP contribution >= 0.6 is 11.8 Å². The van der Waals surface area contributed by atoms with Crippen LogP contribution in [-0.2, 0) is 4.84 Å². The summed E-state index contributed by atoms with van der Waals surface area (Å²) in [6.45, 7) is 0. The standard InChI is InChI=1S/C27H25NO3S/c29-26(21-15-17-24(18-16-21)32-23-13-5-2-6-14-23)25(19-20-9-7-8-10-20)28-31-27(30)22-11-3-1-4-12-22/h1-6,11-18,20H,7-10,19H2/b28-25+. The van der Waals surface area contributed by atoms with E-state index in [4.69, 9.17) is 4.84 Å². The second kappa shape index (κ2) is 10.9. The Balaban J connectivity index is 1.49. The van der Waals surface area contributed by atoms with E-state index in [0.29, 0.717) is 29.2 Å². The predicted molar refractivity (Wildman–Crippen MR) is 127 cm³/mol. The lowest BCUT2D eigenvalue weighted by Gasteiger charge is -2.11. The molecule has 0 aromatic heterocycles. The van der Waals surface area contributed by atoms with Crippen molar-refractivity contribution in [1.29, 1.82) is 0 Å². The normalized spacial score (nSPS) is 14.3. The molecule has 0 bridgehead atoms. The van der Waals surface area contributed by atoms with Gasteiger partial charge in [0.25, 0.3) is 0 Å². The second-order valence-electron chi connectivity index (χ2n) is 7.91. The van der Waals surface area contributed by atoms with Gasteiger partial charge in [0.2, 0.25) is 5.78 Å². The fraction of sp³-hybridized carbons (Fsp3) is 0.222. The molecule has 0 atom stereocenters. The fourth-order valence-electron chi connectivity index (χ4n) is 3.85. The zero-order valence-electron chi connectivity index (χ0n) is 17.8. The van der Waals surface area contributed by atoms with Crippen LogP contribution in [0.1, 0.15) is 52.8 Å². The highest BCUT2D eigenvalue weighted by Gasteiger charge is 2.23. The topological polar surface area (TPSA) is 55.7 Å². The Kier molecular flexibility index (Phi) is 7.51. The first-order valence-corrected chi connectivity index (χ1v) is 11.7. The summed E-state index contributed by atoms with van der Waals surface area (Å²) in [5.74, 6) is -0.341. The molecule has 0 spiro atoms. The van der Waals surface area contributed by atoms with E-state index in [-0.39, 0.29) is 5.78 Å². The molecule has 0 radical (unpaired) electrons. The lowest BCUT2D eigenvalue weighted by atomic mass is 9.96. The molecule has 0 unspecified atom stereocenters. The molecular weight excluding hydrogens is 418 g/mol. The number of oxime groups is 1. The van der Waals surface area contributed by atoms with E-state index in [0.717, 1.165) is 22.6 Å². The summed E-state index contributed by atoms with van der Waals surface area (Å²) < 4.78 is 0. The third-order valence-corrected chi connectivity index (χ3v) is 6.58. The summed E-state index contributed by atoms with van der Waals surface area (Å²) in [5, 5.41) is 4.04. The molecule has 4 rings (SSSR count). The Morgan fingerprint density at radius 3 is 2.03 bits per heavy atom. The minimum atomic E-state index is -0.558. The number of hydrogen-bond donors (Lipinski definition) is 0. The number of hydrogen-bond acceptors (Lipinski definition) is 5. The number of ketones is 1. The number of carbonyl (C=O) groups excluding carboxylic acids is 2. The first kappa shape index (κ1) is 22.0. The molecule has 3 aromatic carbocycles. The minimum Gasteiger partial charge on any atom is -0.312 e. The van der Waals surface area contributed by atoms with Crippen LogP contribution in [0.25, 0.3) is 0 Å². The summed E-state index contributed by atoms with van der Waals surface area (Å²) in [4.78, 5) is 32.9. The monoisotopic (exact) mass is 443 g/mol. The van der Waals surface area contributed by atoms with E-state index in [9.17, 15) is 9.59 Å². The van der Waals surface area contributed by atoms with Gasteiger partial charge < -0.3 is 4.84 Å². The van der Waals surface area contributed by atoms with Gasteiger partial charge in [-0.3, -0.25) is 4.79 Å². The maximum Gasteiger partial charge on any atom is 0.365 e. The molecule has 0 amide bonds. The molecule has 4 nitrogen and oxygen atoms in total. The van der Waals surface area contributed by atoms with Gasteiger partial charge in [-0.25, -0.2) is 4.79 Å². The van der Waals surface area contributed by atoms with Gasteiger partial charge >= 0.3 is 5.97 Å². The van der Waals surface area contributed by atoms with Crippen LogP contribution in [0.5, 0.6) is 0 Å². The van der Waals surface area contributed by atoms with Gasteiger partial charge in [-0.2, -0.15) is 0 Å². The van der Waals surface area contributed by atoms with Crippen LogP contribution < -0.4 is 0 Å². The van der Waals surface area contributed by atoms with Gasteiger partial charge in [0, 0.05) is 15.4 Å². The second-order valence-corrected chi connectivity index (χ2v) is 9.05. The van der Waals surface area contributed by atoms with Gasteiger partial charge in [-0.1, -0.05) is 79.0 Å². The number of benzene rings is 3. The molecule has 0 heterocycles. The smallest absolute Gasteiger partial charge is 0.312 e. The highest BCUT2D eigenvalue weighted by Crippen LogP contribution is 2.30. The highest BCUT2D eigenvalue weighted by atomic mass is 32.2.